The molecule has 0 aliphatic carbocycles. The predicted molar refractivity (Wildman–Crippen MR) is 98.5 cm³/mol. The first-order valence-corrected chi connectivity index (χ1v) is 9.07. The summed E-state index contributed by atoms with van der Waals surface area (Å²) in [6.45, 7) is 6.37. The molecule has 1 aliphatic heterocycles. The average molecular weight is 349 g/mol. The van der Waals surface area contributed by atoms with Crippen LogP contribution in [0.3, 0.4) is 0 Å². The smallest absolute Gasteiger partial charge is 0.147 e. The summed E-state index contributed by atoms with van der Waals surface area (Å²) in [5.41, 5.74) is 2.21. The highest BCUT2D eigenvalue weighted by Crippen LogP contribution is 2.18. The van der Waals surface area contributed by atoms with E-state index in [1.807, 2.05) is 30.3 Å². The molecule has 0 fully saturated rings. The van der Waals surface area contributed by atoms with Crippen molar-refractivity contribution in [2.75, 3.05) is 6.54 Å². The van der Waals surface area contributed by atoms with Gasteiger partial charge in [-0.05, 0) is 29.8 Å². The second-order valence-corrected chi connectivity index (χ2v) is 6.50. The second kappa shape index (κ2) is 7.66. The van der Waals surface area contributed by atoms with E-state index in [4.69, 9.17) is 4.74 Å². The number of aryl methyl sites for hydroxylation is 1. The molecule has 134 valence electrons. The minimum absolute atomic E-state index is 0.488. The Morgan fingerprint density at radius 2 is 1.92 bits per heavy atom. The van der Waals surface area contributed by atoms with Gasteiger partial charge in [-0.1, -0.05) is 25.1 Å². The van der Waals surface area contributed by atoms with Crippen molar-refractivity contribution in [2.45, 2.75) is 39.6 Å². The van der Waals surface area contributed by atoms with E-state index in [-0.39, 0.29) is 0 Å². The molecule has 26 heavy (non-hydrogen) atoms. The summed E-state index contributed by atoms with van der Waals surface area (Å²) in [7, 11) is 0. The van der Waals surface area contributed by atoms with Crippen LogP contribution in [0.4, 0.5) is 0 Å². The number of fused-ring (bicyclic) bond motifs is 1. The standard InChI is InChI=1S/C20H23N5O/c1-2-19-22-23-20-14-24(11-12-25(19)20)13-16-6-8-18(9-7-16)26-15-17-5-3-4-10-21-17/h3-10H,2,11-15H2,1H3. The normalized spacial score (nSPS) is 14.2. The molecule has 3 aromatic rings. The summed E-state index contributed by atoms with van der Waals surface area (Å²) in [6.07, 6.45) is 2.72. The van der Waals surface area contributed by atoms with Gasteiger partial charge in [0.25, 0.3) is 0 Å². The molecule has 0 atom stereocenters. The van der Waals surface area contributed by atoms with Crippen molar-refractivity contribution in [1.29, 1.82) is 0 Å². The third kappa shape index (κ3) is 3.75. The number of rotatable bonds is 6. The van der Waals surface area contributed by atoms with E-state index in [9.17, 15) is 0 Å². The van der Waals surface area contributed by atoms with Crippen LogP contribution < -0.4 is 4.74 Å². The van der Waals surface area contributed by atoms with E-state index in [2.05, 4.69) is 43.7 Å². The summed E-state index contributed by atoms with van der Waals surface area (Å²) in [5.74, 6) is 3.03. The third-order valence-corrected chi connectivity index (χ3v) is 4.67. The number of hydrogen-bond acceptors (Lipinski definition) is 5. The molecule has 2 aromatic heterocycles. The fourth-order valence-corrected chi connectivity index (χ4v) is 3.25. The molecule has 0 unspecified atom stereocenters. The van der Waals surface area contributed by atoms with E-state index in [0.717, 1.165) is 55.7 Å². The zero-order valence-electron chi connectivity index (χ0n) is 15.0. The fourth-order valence-electron chi connectivity index (χ4n) is 3.25. The molecule has 0 N–H and O–H groups in total. The predicted octanol–water partition coefficient (Wildman–Crippen LogP) is 2.83. The number of pyridine rings is 1. The van der Waals surface area contributed by atoms with Crippen LogP contribution in [-0.4, -0.2) is 31.2 Å². The number of benzene rings is 1. The summed E-state index contributed by atoms with van der Waals surface area (Å²) in [4.78, 5) is 6.68. The van der Waals surface area contributed by atoms with Gasteiger partial charge >= 0.3 is 0 Å². The molecule has 3 heterocycles. The Morgan fingerprint density at radius 1 is 1.04 bits per heavy atom. The average Bonchev–Trinajstić information content (AvgIpc) is 3.10. The van der Waals surface area contributed by atoms with Gasteiger partial charge in [-0.25, -0.2) is 0 Å². The lowest BCUT2D eigenvalue weighted by Crippen LogP contribution is -2.33. The SMILES string of the molecule is CCc1nnc2n1CCN(Cc1ccc(OCc3ccccn3)cc1)C2. The first-order chi connectivity index (χ1) is 12.8. The minimum atomic E-state index is 0.488. The van der Waals surface area contributed by atoms with Crippen LogP contribution in [0.25, 0.3) is 0 Å². The topological polar surface area (TPSA) is 56.1 Å². The van der Waals surface area contributed by atoms with Crippen molar-refractivity contribution >= 4 is 0 Å². The van der Waals surface area contributed by atoms with Gasteiger partial charge in [-0.2, -0.15) is 0 Å². The van der Waals surface area contributed by atoms with Gasteiger partial charge in [0, 0.05) is 32.3 Å². The molecule has 0 spiro atoms. The maximum absolute atomic E-state index is 5.80. The van der Waals surface area contributed by atoms with Crippen molar-refractivity contribution in [3.05, 3.63) is 71.6 Å². The number of nitrogens with zero attached hydrogens (tertiary/aromatic N) is 5. The van der Waals surface area contributed by atoms with Crippen molar-refractivity contribution in [2.24, 2.45) is 0 Å². The van der Waals surface area contributed by atoms with Crippen molar-refractivity contribution < 1.29 is 4.74 Å². The van der Waals surface area contributed by atoms with Crippen molar-refractivity contribution in [3.8, 4) is 5.75 Å². The highest BCUT2D eigenvalue weighted by atomic mass is 16.5. The Labute approximate surface area is 153 Å². The summed E-state index contributed by atoms with van der Waals surface area (Å²) in [6, 6.07) is 14.2. The van der Waals surface area contributed by atoms with Gasteiger partial charge in [0.2, 0.25) is 0 Å². The molecule has 1 aliphatic rings. The summed E-state index contributed by atoms with van der Waals surface area (Å²) < 4.78 is 8.06. The molecular formula is C20H23N5O. The molecule has 1 aromatic carbocycles. The first-order valence-electron chi connectivity index (χ1n) is 9.07. The second-order valence-electron chi connectivity index (χ2n) is 6.50. The van der Waals surface area contributed by atoms with Crippen LogP contribution >= 0.6 is 0 Å². The van der Waals surface area contributed by atoms with Crippen LogP contribution in [0.1, 0.15) is 29.8 Å². The van der Waals surface area contributed by atoms with E-state index in [1.165, 1.54) is 5.56 Å². The quantitative estimate of drug-likeness (QED) is 0.685. The fraction of sp³-hybridized carbons (Fsp3) is 0.350. The maximum Gasteiger partial charge on any atom is 0.147 e. The molecule has 6 nitrogen and oxygen atoms in total. The first kappa shape index (κ1) is 16.7. The highest BCUT2D eigenvalue weighted by molar-refractivity contribution is 5.27. The van der Waals surface area contributed by atoms with Gasteiger partial charge in [0.15, 0.2) is 0 Å². The Hall–Kier alpha value is -2.73. The van der Waals surface area contributed by atoms with E-state index in [0.29, 0.717) is 6.61 Å². The number of aromatic nitrogens is 4. The Bertz CT molecular complexity index is 844. The van der Waals surface area contributed by atoms with Crippen LogP contribution in [0, 0.1) is 0 Å². The molecule has 0 bridgehead atoms. The molecule has 0 saturated carbocycles. The van der Waals surface area contributed by atoms with Crippen molar-refractivity contribution in [3.63, 3.8) is 0 Å². The highest BCUT2D eigenvalue weighted by Gasteiger charge is 2.20. The Morgan fingerprint density at radius 3 is 2.69 bits per heavy atom. The third-order valence-electron chi connectivity index (χ3n) is 4.67. The van der Waals surface area contributed by atoms with Crippen molar-refractivity contribution in [1.82, 2.24) is 24.6 Å². The van der Waals surface area contributed by atoms with Crippen LogP contribution in [0.2, 0.25) is 0 Å². The van der Waals surface area contributed by atoms with Gasteiger partial charge < -0.3 is 9.30 Å². The Kier molecular flexibility index (Phi) is 4.93. The largest absolute Gasteiger partial charge is 0.487 e. The molecule has 4 rings (SSSR count). The molecule has 0 amide bonds. The van der Waals surface area contributed by atoms with Gasteiger partial charge in [-0.15, -0.1) is 10.2 Å². The zero-order chi connectivity index (χ0) is 17.8. The Balaban J connectivity index is 1.33. The number of hydrogen-bond donors (Lipinski definition) is 0. The summed E-state index contributed by atoms with van der Waals surface area (Å²) in [5, 5.41) is 8.61. The molecule has 0 radical (unpaired) electrons. The zero-order valence-corrected chi connectivity index (χ0v) is 15.0. The van der Waals surface area contributed by atoms with E-state index >= 15 is 0 Å². The van der Waals surface area contributed by atoms with Crippen LogP contribution in [0.5, 0.6) is 5.75 Å². The van der Waals surface area contributed by atoms with E-state index < -0.39 is 0 Å². The van der Waals surface area contributed by atoms with E-state index in [1.54, 1.807) is 6.20 Å². The minimum Gasteiger partial charge on any atom is -0.487 e. The lowest BCUT2D eigenvalue weighted by molar-refractivity contribution is 0.207. The van der Waals surface area contributed by atoms with Crippen LogP contribution in [0.15, 0.2) is 48.7 Å². The molecule has 0 saturated heterocycles. The lowest BCUT2D eigenvalue weighted by atomic mass is 10.2. The molecule has 6 heteroatoms. The van der Waals surface area contributed by atoms with Gasteiger partial charge in [0.1, 0.15) is 24.0 Å². The van der Waals surface area contributed by atoms with Gasteiger partial charge in [0.05, 0.1) is 12.2 Å². The lowest BCUT2D eigenvalue weighted by Gasteiger charge is -2.27. The summed E-state index contributed by atoms with van der Waals surface area (Å²) >= 11 is 0. The van der Waals surface area contributed by atoms with Gasteiger partial charge in [-0.3, -0.25) is 9.88 Å². The molecular weight excluding hydrogens is 326 g/mol. The number of ether oxygens (including phenoxy) is 1. The monoisotopic (exact) mass is 349 g/mol. The maximum atomic E-state index is 5.80. The van der Waals surface area contributed by atoms with Crippen LogP contribution in [-0.2, 0) is 32.7 Å².